The van der Waals surface area contributed by atoms with E-state index < -0.39 is 0 Å². The fraction of sp³-hybridized carbons (Fsp3) is 0.444. The molecule has 1 fully saturated rings. The Morgan fingerprint density at radius 1 is 1.36 bits per heavy atom. The van der Waals surface area contributed by atoms with Crippen LogP contribution in [0.3, 0.4) is 0 Å². The van der Waals surface area contributed by atoms with Gasteiger partial charge < -0.3 is 25.8 Å². The number of carbonyl (C=O) groups excluding carboxylic acids is 1. The predicted molar refractivity (Wildman–Crippen MR) is 107 cm³/mol. The summed E-state index contributed by atoms with van der Waals surface area (Å²) in [5.41, 5.74) is 6.15. The fourth-order valence-electron chi connectivity index (χ4n) is 2.94. The number of guanidine groups is 1. The number of hydrogen-bond acceptors (Lipinski definition) is 5. The maximum Gasteiger partial charge on any atom is 0.314 e. The third-order valence-corrected chi connectivity index (χ3v) is 4.69. The molecule has 0 unspecified atom stereocenters. The number of aromatic nitrogens is 2. The van der Waals surface area contributed by atoms with Gasteiger partial charge in [0.25, 0.3) is 0 Å². The van der Waals surface area contributed by atoms with Gasteiger partial charge in [0.1, 0.15) is 6.54 Å². The number of carbonyl (C=O) groups is 1. The third kappa shape index (κ3) is 5.35. The van der Waals surface area contributed by atoms with E-state index in [1.54, 1.807) is 17.0 Å². The average molecular weight is 406 g/mol. The van der Waals surface area contributed by atoms with Gasteiger partial charge in [-0.2, -0.15) is 4.98 Å². The molecule has 1 aromatic carbocycles. The quantitative estimate of drug-likeness (QED) is 0.516. The second kappa shape index (κ2) is 9.41. The van der Waals surface area contributed by atoms with Gasteiger partial charge in [-0.1, -0.05) is 16.8 Å². The largest absolute Gasteiger partial charge is 0.357 e. The topological polar surface area (TPSA) is 122 Å². The number of rotatable bonds is 5. The normalized spacial score (nSPS) is 15.5. The lowest BCUT2D eigenvalue weighted by Gasteiger charge is -2.32. The SMILES string of the molecule is CCNC(=NCc1nc(-c2ccc(Cl)cc2)no1)NC1CCN(C(N)=O)CC1. The van der Waals surface area contributed by atoms with E-state index in [1.807, 2.05) is 19.1 Å². The molecule has 3 rings (SSSR count). The molecule has 28 heavy (non-hydrogen) atoms. The summed E-state index contributed by atoms with van der Waals surface area (Å²) < 4.78 is 5.29. The Morgan fingerprint density at radius 3 is 2.71 bits per heavy atom. The van der Waals surface area contributed by atoms with E-state index in [4.69, 9.17) is 21.9 Å². The van der Waals surface area contributed by atoms with Gasteiger partial charge in [0.05, 0.1) is 0 Å². The van der Waals surface area contributed by atoms with Gasteiger partial charge in [0, 0.05) is 36.3 Å². The van der Waals surface area contributed by atoms with E-state index in [-0.39, 0.29) is 18.6 Å². The Kier molecular flexibility index (Phi) is 6.70. The number of nitrogens with one attached hydrogen (secondary N) is 2. The number of aliphatic imine (C=N–C) groups is 1. The van der Waals surface area contributed by atoms with E-state index in [9.17, 15) is 4.79 Å². The van der Waals surface area contributed by atoms with Crippen LogP contribution in [-0.4, -0.2) is 52.7 Å². The van der Waals surface area contributed by atoms with Gasteiger partial charge in [0.2, 0.25) is 11.7 Å². The zero-order chi connectivity index (χ0) is 19.9. The summed E-state index contributed by atoms with van der Waals surface area (Å²) in [6.07, 6.45) is 1.63. The van der Waals surface area contributed by atoms with Crippen molar-refractivity contribution in [3.05, 3.63) is 35.2 Å². The highest BCUT2D eigenvalue weighted by atomic mass is 35.5. The Bertz CT molecular complexity index is 814. The molecule has 150 valence electrons. The van der Waals surface area contributed by atoms with Crippen molar-refractivity contribution < 1.29 is 9.32 Å². The lowest BCUT2D eigenvalue weighted by molar-refractivity contribution is 0.188. The molecular formula is C18H24ClN7O2. The first-order chi connectivity index (χ1) is 13.5. The summed E-state index contributed by atoms with van der Waals surface area (Å²) >= 11 is 5.90. The van der Waals surface area contributed by atoms with Crippen LogP contribution in [0.1, 0.15) is 25.7 Å². The van der Waals surface area contributed by atoms with Crippen LogP contribution in [0.2, 0.25) is 5.02 Å². The van der Waals surface area contributed by atoms with Gasteiger partial charge in [-0.3, -0.25) is 0 Å². The van der Waals surface area contributed by atoms with Crippen molar-refractivity contribution in [2.75, 3.05) is 19.6 Å². The number of piperidine rings is 1. The molecule has 2 amide bonds. The molecule has 1 saturated heterocycles. The molecule has 0 saturated carbocycles. The Labute approximate surface area is 168 Å². The monoisotopic (exact) mass is 405 g/mol. The number of likely N-dealkylation sites (tertiary alicyclic amines) is 1. The highest BCUT2D eigenvalue weighted by Crippen LogP contribution is 2.18. The van der Waals surface area contributed by atoms with Crippen LogP contribution in [0, 0.1) is 0 Å². The van der Waals surface area contributed by atoms with Crippen LogP contribution in [0.15, 0.2) is 33.8 Å². The summed E-state index contributed by atoms with van der Waals surface area (Å²) in [5.74, 6) is 1.59. The van der Waals surface area contributed by atoms with E-state index in [0.717, 1.165) is 24.9 Å². The molecule has 9 nitrogen and oxygen atoms in total. The number of amides is 2. The minimum Gasteiger partial charge on any atom is -0.357 e. The van der Waals surface area contributed by atoms with Crippen LogP contribution in [0.5, 0.6) is 0 Å². The van der Waals surface area contributed by atoms with E-state index in [2.05, 4.69) is 25.8 Å². The number of nitrogens with zero attached hydrogens (tertiary/aromatic N) is 4. The molecular weight excluding hydrogens is 382 g/mol. The number of nitrogens with two attached hydrogens (primary N) is 1. The average Bonchev–Trinajstić information content (AvgIpc) is 3.16. The zero-order valence-electron chi connectivity index (χ0n) is 15.7. The third-order valence-electron chi connectivity index (χ3n) is 4.43. The van der Waals surface area contributed by atoms with Gasteiger partial charge in [-0.05, 0) is 44.0 Å². The molecule has 0 atom stereocenters. The van der Waals surface area contributed by atoms with Crippen molar-refractivity contribution in [3.63, 3.8) is 0 Å². The highest BCUT2D eigenvalue weighted by Gasteiger charge is 2.21. The molecule has 0 bridgehead atoms. The first-order valence-electron chi connectivity index (χ1n) is 9.23. The Morgan fingerprint density at radius 2 is 2.07 bits per heavy atom. The number of primary amides is 1. The Balaban J connectivity index is 1.59. The van der Waals surface area contributed by atoms with Crippen LogP contribution in [0.4, 0.5) is 4.79 Å². The lowest BCUT2D eigenvalue weighted by Crippen LogP contribution is -2.50. The first-order valence-corrected chi connectivity index (χ1v) is 9.60. The van der Waals surface area contributed by atoms with E-state index in [1.165, 1.54) is 0 Å². The fourth-order valence-corrected chi connectivity index (χ4v) is 3.07. The smallest absolute Gasteiger partial charge is 0.314 e. The lowest BCUT2D eigenvalue weighted by atomic mass is 10.1. The molecule has 4 N–H and O–H groups in total. The van der Waals surface area contributed by atoms with Crippen molar-refractivity contribution in [3.8, 4) is 11.4 Å². The van der Waals surface area contributed by atoms with Gasteiger partial charge in [-0.15, -0.1) is 0 Å². The van der Waals surface area contributed by atoms with Crippen molar-refractivity contribution in [1.82, 2.24) is 25.7 Å². The summed E-state index contributed by atoms with van der Waals surface area (Å²) in [6.45, 7) is 4.27. The highest BCUT2D eigenvalue weighted by molar-refractivity contribution is 6.30. The molecule has 2 heterocycles. The van der Waals surface area contributed by atoms with Crippen molar-refractivity contribution in [2.45, 2.75) is 32.4 Å². The number of halogens is 1. The van der Waals surface area contributed by atoms with Gasteiger partial charge in [-0.25, -0.2) is 9.79 Å². The molecule has 0 aliphatic carbocycles. The standard InChI is InChI=1S/C18H24ClN7O2/c1-2-21-18(23-14-7-9-26(10-8-14)17(20)27)22-11-15-24-16(25-28-15)12-3-5-13(19)6-4-12/h3-6,14H,2,7-11H2,1H3,(H2,20,27)(H2,21,22,23). The molecule has 2 aromatic rings. The van der Waals surface area contributed by atoms with Crippen LogP contribution in [0.25, 0.3) is 11.4 Å². The minimum absolute atomic E-state index is 0.223. The van der Waals surface area contributed by atoms with Crippen LogP contribution in [-0.2, 0) is 6.54 Å². The zero-order valence-corrected chi connectivity index (χ0v) is 16.4. The second-order valence-corrected chi connectivity index (χ2v) is 6.89. The van der Waals surface area contributed by atoms with Crippen LogP contribution >= 0.6 is 11.6 Å². The molecule has 0 spiro atoms. The van der Waals surface area contributed by atoms with E-state index in [0.29, 0.717) is 35.8 Å². The van der Waals surface area contributed by atoms with Crippen molar-refractivity contribution >= 4 is 23.6 Å². The minimum atomic E-state index is -0.369. The predicted octanol–water partition coefficient (Wildman–Crippen LogP) is 1.99. The van der Waals surface area contributed by atoms with Crippen molar-refractivity contribution in [1.29, 1.82) is 0 Å². The Hall–Kier alpha value is -2.81. The number of urea groups is 1. The number of hydrogen-bond donors (Lipinski definition) is 3. The molecule has 1 aliphatic heterocycles. The van der Waals surface area contributed by atoms with Gasteiger partial charge >= 0.3 is 6.03 Å². The number of benzene rings is 1. The summed E-state index contributed by atoms with van der Waals surface area (Å²) in [7, 11) is 0. The summed E-state index contributed by atoms with van der Waals surface area (Å²) in [5, 5.41) is 11.2. The van der Waals surface area contributed by atoms with Crippen molar-refractivity contribution in [2.24, 2.45) is 10.7 Å². The maximum absolute atomic E-state index is 11.2. The molecule has 10 heteroatoms. The summed E-state index contributed by atoms with van der Waals surface area (Å²) in [4.78, 5) is 21.8. The molecule has 1 aliphatic rings. The maximum atomic E-state index is 11.2. The second-order valence-electron chi connectivity index (χ2n) is 6.46. The van der Waals surface area contributed by atoms with Gasteiger partial charge in [0.15, 0.2) is 5.96 Å². The summed E-state index contributed by atoms with van der Waals surface area (Å²) in [6, 6.07) is 7.09. The molecule has 1 aromatic heterocycles. The van der Waals surface area contributed by atoms with E-state index >= 15 is 0 Å². The van der Waals surface area contributed by atoms with Crippen LogP contribution < -0.4 is 16.4 Å². The first kappa shape index (κ1) is 19.9. The molecule has 0 radical (unpaired) electrons.